The summed E-state index contributed by atoms with van der Waals surface area (Å²) < 4.78 is 14.8. The molecule has 0 heterocycles. The van der Waals surface area contributed by atoms with Crippen LogP contribution in [0.3, 0.4) is 0 Å². The summed E-state index contributed by atoms with van der Waals surface area (Å²) in [6.45, 7) is 9.15. The van der Waals surface area contributed by atoms with Gasteiger partial charge >= 0.3 is 17.9 Å². The molecule has 0 saturated carbocycles. The lowest BCUT2D eigenvalue weighted by Gasteiger charge is -2.25. The van der Waals surface area contributed by atoms with Gasteiger partial charge in [0.05, 0.1) is 6.61 Å². The van der Waals surface area contributed by atoms with Crippen molar-refractivity contribution < 1.29 is 33.7 Å². The quantitative estimate of drug-likeness (QED) is 0.338. The number of hydrogen-bond acceptors (Lipinski definition) is 7. The second-order valence-electron chi connectivity index (χ2n) is 4.12. The smallest absolute Gasteiger partial charge is 0.330 e. The van der Waals surface area contributed by atoms with Gasteiger partial charge in [0.2, 0.25) is 0 Å². The molecular weight excluding hydrogens is 292 g/mol. The van der Waals surface area contributed by atoms with E-state index in [1.54, 1.807) is 0 Å². The van der Waals surface area contributed by atoms with Crippen molar-refractivity contribution in [2.75, 3.05) is 19.8 Å². The summed E-state index contributed by atoms with van der Waals surface area (Å²) in [7, 11) is 0. The number of ether oxygens (including phenoxy) is 3. The van der Waals surface area contributed by atoms with Crippen molar-refractivity contribution in [2.45, 2.75) is 12.5 Å². The van der Waals surface area contributed by atoms with E-state index < -0.39 is 29.9 Å². The molecule has 0 aromatic carbocycles. The SMILES string of the molecule is C=CC(=O)OCC(CCO)C(COC(=O)C=C)OC(=O)C=C. The fraction of sp³-hybridized carbons (Fsp3) is 0.400. The average Bonchev–Trinajstić information content (AvgIpc) is 2.54. The van der Waals surface area contributed by atoms with Crippen LogP contribution in [-0.4, -0.2) is 48.9 Å². The molecule has 122 valence electrons. The Bertz CT molecular complexity index is 428. The fourth-order valence-electron chi connectivity index (χ4n) is 1.48. The second-order valence-corrected chi connectivity index (χ2v) is 4.12. The Morgan fingerprint density at radius 2 is 1.41 bits per heavy atom. The van der Waals surface area contributed by atoms with Gasteiger partial charge in [-0.25, -0.2) is 14.4 Å². The van der Waals surface area contributed by atoms with Crippen LogP contribution in [0, 0.1) is 5.92 Å². The molecular formula is C15H20O7. The first-order valence-electron chi connectivity index (χ1n) is 6.50. The van der Waals surface area contributed by atoms with E-state index >= 15 is 0 Å². The molecule has 0 radical (unpaired) electrons. The van der Waals surface area contributed by atoms with Crippen molar-refractivity contribution in [3.8, 4) is 0 Å². The van der Waals surface area contributed by atoms with Gasteiger partial charge in [0, 0.05) is 30.8 Å². The number of esters is 3. The molecule has 0 bridgehead atoms. The molecule has 0 spiro atoms. The van der Waals surface area contributed by atoms with Crippen LogP contribution >= 0.6 is 0 Å². The van der Waals surface area contributed by atoms with Crippen molar-refractivity contribution in [3.63, 3.8) is 0 Å². The minimum Gasteiger partial charge on any atom is -0.462 e. The maximum atomic E-state index is 11.4. The van der Waals surface area contributed by atoms with Crippen molar-refractivity contribution in [2.24, 2.45) is 5.92 Å². The normalized spacial score (nSPS) is 12.4. The Kier molecular flexibility index (Phi) is 10.0. The highest BCUT2D eigenvalue weighted by Crippen LogP contribution is 2.15. The van der Waals surface area contributed by atoms with Crippen LogP contribution < -0.4 is 0 Å². The Hall–Kier alpha value is -2.41. The molecule has 0 amide bonds. The Morgan fingerprint density at radius 1 is 0.909 bits per heavy atom. The predicted molar refractivity (Wildman–Crippen MR) is 77.6 cm³/mol. The third-order valence-electron chi connectivity index (χ3n) is 2.62. The van der Waals surface area contributed by atoms with Gasteiger partial charge in [-0.3, -0.25) is 0 Å². The highest BCUT2D eigenvalue weighted by Gasteiger charge is 2.27. The van der Waals surface area contributed by atoms with Crippen molar-refractivity contribution in [1.82, 2.24) is 0 Å². The van der Waals surface area contributed by atoms with Crippen molar-refractivity contribution in [3.05, 3.63) is 38.0 Å². The Morgan fingerprint density at radius 3 is 1.86 bits per heavy atom. The molecule has 0 fully saturated rings. The molecule has 0 aromatic rings. The Balaban J connectivity index is 4.90. The number of carbonyl (C=O) groups is 3. The van der Waals surface area contributed by atoms with E-state index in [-0.39, 0.29) is 26.2 Å². The third-order valence-corrected chi connectivity index (χ3v) is 2.62. The lowest BCUT2D eigenvalue weighted by Crippen LogP contribution is -2.35. The van der Waals surface area contributed by atoms with Crippen molar-refractivity contribution in [1.29, 1.82) is 0 Å². The highest BCUT2D eigenvalue weighted by molar-refractivity contribution is 5.82. The van der Waals surface area contributed by atoms with Gasteiger partial charge in [-0.1, -0.05) is 19.7 Å². The van der Waals surface area contributed by atoms with Gasteiger partial charge in [0.15, 0.2) is 0 Å². The van der Waals surface area contributed by atoms with Gasteiger partial charge in [-0.2, -0.15) is 0 Å². The third kappa shape index (κ3) is 8.01. The first-order chi connectivity index (χ1) is 10.5. The zero-order valence-corrected chi connectivity index (χ0v) is 12.2. The van der Waals surface area contributed by atoms with E-state index in [0.717, 1.165) is 18.2 Å². The van der Waals surface area contributed by atoms with Crippen LogP contribution in [0.1, 0.15) is 6.42 Å². The van der Waals surface area contributed by atoms with E-state index in [1.165, 1.54) is 0 Å². The predicted octanol–water partition coefficient (Wildman–Crippen LogP) is 0.541. The molecule has 0 aromatic heterocycles. The molecule has 2 unspecified atom stereocenters. The van der Waals surface area contributed by atoms with E-state index in [9.17, 15) is 14.4 Å². The standard InChI is InChI=1S/C15H20O7/c1-4-13(17)20-9-11(7-8-16)12(22-15(19)6-3)10-21-14(18)5-2/h4-6,11-12,16H,1-3,7-10H2. The van der Waals surface area contributed by atoms with Crippen LogP contribution in [0.15, 0.2) is 38.0 Å². The van der Waals surface area contributed by atoms with Crippen LogP contribution in [0.2, 0.25) is 0 Å². The van der Waals surface area contributed by atoms with E-state index in [1.807, 2.05) is 0 Å². The first kappa shape index (κ1) is 19.6. The van der Waals surface area contributed by atoms with Gasteiger partial charge in [-0.05, 0) is 6.42 Å². The monoisotopic (exact) mass is 312 g/mol. The van der Waals surface area contributed by atoms with Gasteiger partial charge in [-0.15, -0.1) is 0 Å². The fourth-order valence-corrected chi connectivity index (χ4v) is 1.48. The molecule has 7 nitrogen and oxygen atoms in total. The summed E-state index contributed by atoms with van der Waals surface area (Å²) in [6.07, 6.45) is 2.17. The molecule has 0 aliphatic carbocycles. The number of hydrogen-bond donors (Lipinski definition) is 1. The first-order valence-corrected chi connectivity index (χ1v) is 6.50. The van der Waals surface area contributed by atoms with Gasteiger partial charge < -0.3 is 19.3 Å². The molecule has 22 heavy (non-hydrogen) atoms. The largest absolute Gasteiger partial charge is 0.462 e. The summed E-state index contributed by atoms with van der Waals surface area (Å²) in [5.74, 6) is -2.63. The topological polar surface area (TPSA) is 99.1 Å². The molecule has 7 heteroatoms. The number of aliphatic hydroxyl groups excluding tert-OH is 1. The number of rotatable bonds is 11. The summed E-state index contributed by atoms with van der Waals surface area (Å²) in [5.41, 5.74) is 0. The summed E-state index contributed by atoms with van der Waals surface area (Å²) >= 11 is 0. The van der Waals surface area contributed by atoms with E-state index in [4.69, 9.17) is 19.3 Å². The molecule has 1 N–H and O–H groups in total. The maximum absolute atomic E-state index is 11.4. The minimum atomic E-state index is -0.904. The zero-order valence-electron chi connectivity index (χ0n) is 12.2. The molecule has 2 atom stereocenters. The number of carbonyl (C=O) groups excluding carboxylic acids is 3. The van der Waals surface area contributed by atoms with Crippen LogP contribution in [-0.2, 0) is 28.6 Å². The lowest BCUT2D eigenvalue weighted by molar-refractivity contribution is -0.159. The van der Waals surface area contributed by atoms with Crippen LogP contribution in [0.5, 0.6) is 0 Å². The summed E-state index contributed by atoms with van der Waals surface area (Å²) in [6, 6.07) is 0. The summed E-state index contributed by atoms with van der Waals surface area (Å²) in [4.78, 5) is 33.6. The van der Waals surface area contributed by atoms with Crippen molar-refractivity contribution >= 4 is 17.9 Å². The second kappa shape index (κ2) is 11.3. The zero-order chi connectivity index (χ0) is 17.0. The van der Waals surface area contributed by atoms with Crippen LogP contribution in [0.4, 0.5) is 0 Å². The number of aliphatic hydroxyl groups is 1. The van der Waals surface area contributed by atoms with E-state index in [0.29, 0.717) is 0 Å². The lowest BCUT2D eigenvalue weighted by atomic mass is 10.00. The summed E-state index contributed by atoms with van der Waals surface area (Å²) in [5, 5.41) is 9.08. The highest BCUT2D eigenvalue weighted by atomic mass is 16.6. The van der Waals surface area contributed by atoms with Gasteiger partial charge in [0.1, 0.15) is 12.7 Å². The molecule has 0 rings (SSSR count). The van der Waals surface area contributed by atoms with Crippen LogP contribution in [0.25, 0.3) is 0 Å². The molecule has 0 aliphatic rings. The maximum Gasteiger partial charge on any atom is 0.330 e. The van der Waals surface area contributed by atoms with Gasteiger partial charge in [0.25, 0.3) is 0 Å². The minimum absolute atomic E-state index is 0.133. The average molecular weight is 312 g/mol. The molecule has 0 saturated heterocycles. The Labute approximate surface area is 128 Å². The molecule has 0 aliphatic heterocycles. The van der Waals surface area contributed by atoms with E-state index in [2.05, 4.69) is 19.7 Å².